The van der Waals surface area contributed by atoms with E-state index in [9.17, 15) is 9.59 Å². The van der Waals surface area contributed by atoms with Crippen LogP contribution in [0.1, 0.15) is 11.4 Å². The van der Waals surface area contributed by atoms with Crippen molar-refractivity contribution < 1.29 is 14.8 Å². The van der Waals surface area contributed by atoms with E-state index < -0.39 is 5.91 Å². The number of piperazine rings is 1. The predicted molar refractivity (Wildman–Crippen MR) is 113 cm³/mol. The Morgan fingerprint density at radius 3 is 2.28 bits per heavy atom. The first-order valence-corrected chi connectivity index (χ1v) is 8.88. The lowest BCUT2D eigenvalue weighted by atomic mass is 10.2. The Labute approximate surface area is 174 Å². The number of hydroxylamine groups is 1. The Bertz CT molecular complexity index is 881. The number of amides is 2. The third-order valence-corrected chi connectivity index (χ3v) is 4.27. The Morgan fingerprint density at radius 2 is 1.66 bits per heavy atom. The van der Waals surface area contributed by atoms with Crippen LogP contribution in [0.3, 0.4) is 0 Å². The van der Waals surface area contributed by atoms with Gasteiger partial charge in [0.15, 0.2) is 0 Å². The summed E-state index contributed by atoms with van der Waals surface area (Å²) in [5, 5.41) is 8.49. The first kappa shape index (κ1) is 22.1. The molecule has 0 saturated carbocycles. The molecule has 0 aliphatic carbocycles. The Balaban J connectivity index is 0.00000300. The van der Waals surface area contributed by atoms with Crippen LogP contribution in [0.5, 0.6) is 0 Å². The van der Waals surface area contributed by atoms with Crippen LogP contribution in [0, 0.1) is 0 Å². The molecule has 2 aromatic heterocycles. The van der Waals surface area contributed by atoms with Crippen LogP contribution >= 0.6 is 12.4 Å². The van der Waals surface area contributed by atoms with Crippen molar-refractivity contribution in [3.05, 3.63) is 66.1 Å². The number of anilines is 1. The maximum atomic E-state index is 12.4. The Kier molecular flexibility index (Phi) is 8.32. The van der Waals surface area contributed by atoms with Gasteiger partial charge < -0.3 is 9.80 Å². The minimum absolute atomic E-state index is 0. The summed E-state index contributed by atoms with van der Waals surface area (Å²) < 4.78 is 0. The fourth-order valence-electron chi connectivity index (χ4n) is 2.81. The summed E-state index contributed by atoms with van der Waals surface area (Å²) >= 11 is 0. The predicted octanol–water partition coefficient (Wildman–Crippen LogP) is 1.78. The first-order chi connectivity index (χ1) is 13.7. The lowest BCUT2D eigenvalue weighted by Gasteiger charge is -2.34. The van der Waals surface area contributed by atoms with Crippen LogP contribution in [0.25, 0.3) is 12.2 Å². The molecule has 1 aliphatic rings. The molecule has 152 valence electrons. The first-order valence-electron chi connectivity index (χ1n) is 8.88. The van der Waals surface area contributed by atoms with Crippen molar-refractivity contribution in [3.63, 3.8) is 0 Å². The molecule has 0 atom stereocenters. The number of pyridine rings is 2. The van der Waals surface area contributed by atoms with E-state index in [0.717, 1.165) is 18.9 Å². The fourth-order valence-corrected chi connectivity index (χ4v) is 2.81. The third-order valence-electron chi connectivity index (χ3n) is 4.27. The number of halogens is 1. The number of nitrogens with zero attached hydrogens (tertiary/aromatic N) is 4. The van der Waals surface area contributed by atoms with Gasteiger partial charge in [-0.05, 0) is 36.4 Å². The van der Waals surface area contributed by atoms with Crippen molar-refractivity contribution in [2.75, 3.05) is 31.1 Å². The summed E-state index contributed by atoms with van der Waals surface area (Å²) in [6.07, 6.45) is 7.56. The van der Waals surface area contributed by atoms with E-state index >= 15 is 0 Å². The highest BCUT2D eigenvalue weighted by atomic mass is 35.5. The smallest absolute Gasteiger partial charge is 0.267 e. The molecule has 2 amide bonds. The van der Waals surface area contributed by atoms with Crippen LogP contribution in [-0.4, -0.2) is 58.1 Å². The molecule has 8 nitrogen and oxygen atoms in total. The molecule has 3 rings (SSSR count). The second-order valence-electron chi connectivity index (χ2n) is 6.13. The van der Waals surface area contributed by atoms with Gasteiger partial charge in [-0.25, -0.2) is 15.4 Å². The van der Waals surface area contributed by atoms with Gasteiger partial charge in [-0.15, -0.1) is 12.4 Å². The van der Waals surface area contributed by atoms with Crippen molar-refractivity contribution in [3.8, 4) is 0 Å². The molecular weight excluding hydrogens is 394 g/mol. The van der Waals surface area contributed by atoms with Gasteiger partial charge in [-0.1, -0.05) is 12.1 Å². The van der Waals surface area contributed by atoms with Crippen LogP contribution in [0.15, 0.2) is 54.7 Å². The summed E-state index contributed by atoms with van der Waals surface area (Å²) in [6, 6.07) is 11.1. The van der Waals surface area contributed by atoms with E-state index in [1.807, 2.05) is 18.2 Å². The largest absolute Gasteiger partial charge is 0.353 e. The van der Waals surface area contributed by atoms with Crippen molar-refractivity contribution in [1.82, 2.24) is 20.3 Å². The maximum Gasteiger partial charge on any atom is 0.267 e. The lowest BCUT2D eigenvalue weighted by molar-refractivity contribution is -0.126. The minimum Gasteiger partial charge on any atom is -0.353 e. The molecule has 29 heavy (non-hydrogen) atoms. The lowest BCUT2D eigenvalue weighted by Crippen LogP contribution is -2.48. The Morgan fingerprint density at radius 1 is 0.966 bits per heavy atom. The molecule has 9 heteroatoms. The molecule has 1 saturated heterocycles. The van der Waals surface area contributed by atoms with Gasteiger partial charge in [0, 0.05) is 44.5 Å². The highest BCUT2D eigenvalue weighted by molar-refractivity contribution is 5.92. The van der Waals surface area contributed by atoms with E-state index in [0.29, 0.717) is 24.5 Å². The molecule has 2 aromatic rings. The zero-order valence-electron chi connectivity index (χ0n) is 15.6. The molecule has 1 aliphatic heterocycles. The minimum atomic E-state index is -0.636. The normalized spacial score (nSPS) is 14.1. The topological polar surface area (TPSA) is 98.7 Å². The summed E-state index contributed by atoms with van der Waals surface area (Å²) in [6.45, 7) is 2.74. The van der Waals surface area contributed by atoms with Crippen LogP contribution in [-0.2, 0) is 9.59 Å². The summed E-state index contributed by atoms with van der Waals surface area (Å²) in [7, 11) is 0. The zero-order valence-corrected chi connectivity index (χ0v) is 16.5. The maximum absolute atomic E-state index is 12.4. The van der Waals surface area contributed by atoms with Gasteiger partial charge >= 0.3 is 0 Å². The molecule has 0 spiro atoms. The van der Waals surface area contributed by atoms with Gasteiger partial charge in [-0.2, -0.15) is 0 Å². The summed E-state index contributed by atoms with van der Waals surface area (Å²) in [5.74, 6) is 0.222. The van der Waals surface area contributed by atoms with Crippen molar-refractivity contribution in [2.24, 2.45) is 0 Å². The van der Waals surface area contributed by atoms with E-state index in [-0.39, 0.29) is 18.3 Å². The molecule has 2 N–H and O–H groups in total. The number of aromatic nitrogens is 2. The second kappa shape index (κ2) is 10.9. The number of hydrogen-bond acceptors (Lipinski definition) is 6. The molecular formula is C20H22ClN5O3. The van der Waals surface area contributed by atoms with Crippen molar-refractivity contribution in [2.45, 2.75) is 0 Å². The third kappa shape index (κ3) is 6.41. The number of nitrogens with one attached hydrogen (secondary N) is 1. The SMILES string of the molecule is Cl.O=C(/C=C/c1cccc(/C=C/C(=O)N2CCN(c3ccccn3)CC2)n1)NO. The monoisotopic (exact) mass is 415 g/mol. The van der Waals surface area contributed by atoms with Gasteiger partial charge in [0.05, 0.1) is 11.4 Å². The van der Waals surface area contributed by atoms with Gasteiger partial charge in [0.1, 0.15) is 5.82 Å². The summed E-state index contributed by atoms with van der Waals surface area (Å²) in [5.41, 5.74) is 2.66. The zero-order chi connectivity index (χ0) is 19.8. The standard InChI is InChI=1S/C20H21N5O3.ClH/c26-19(23-28)9-7-16-4-3-5-17(22-16)8-10-20(27)25-14-12-24(13-15-25)18-6-1-2-11-21-18;/h1-11,28H,12-15H2,(H,23,26);1H/b9-7+,10-8+;. The van der Waals surface area contributed by atoms with E-state index in [4.69, 9.17) is 5.21 Å². The van der Waals surface area contributed by atoms with Crippen LogP contribution < -0.4 is 10.4 Å². The van der Waals surface area contributed by atoms with E-state index in [1.165, 1.54) is 23.7 Å². The van der Waals surface area contributed by atoms with Gasteiger partial charge in [-0.3, -0.25) is 14.8 Å². The highest BCUT2D eigenvalue weighted by Gasteiger charge is 2.20. The van der Waals surface area contributed by atoms with Crippen molar-refractivity contribution in [1.29, 1.82) is 0 Å². The number of rotatable bonds is 5. The van der Waals surface area contributed by atoms with Crippen LogP contribution in [0.4, 0.5) is 5.82 Å². The van der Waals surface area contributed by atoms with E-state index in [2.05, 4.69) is 14.9 Å². The summed E-state index contributed by atoms with van der Waals surface area (Å²) in [4.78, 5) is 36.1. The second-order valence-corrected chi connectivity index (χ2v) is 6.13. The van der Waals surface area contributed by atoms with E-state index in [1.54, 1.807) is 35.4 Å². The number of carbonyl (C=O) groups is 2. The van der Waals surface area contributed by atoms with Crippen molar-refractivity contribution >= 4 is 42.2 Å². The highest BCUT2D eigenvalue weighted by Crippen LogP contribution is 2.13. The quantitative estimate of drug-likeness (QED) is 0.439. The molecule has 3 heterocycles. The molecule has 0 unspecified atom stereocenters. The molecule has 0 aromatic carbocycles. The molecule has 0 radical (unpaired) electrons. The fraction of sp³-hybridized carbons (Fsp3) is 0.200. The number of carbonyl (C=O) groups excluding carboxylic acids is 2. The molecule has 0 bridgehead atoms. The Hall–Kier alpha value is -3.23. The van der Waals surface area contributed by atoms with Crippen LogP contribution in [0.2, 0.25) is 0 Å². The molecule has 1 fully saturated rings. The van der Waals surface area contributed by atoms with Gasteiger partial charge in [0.25, 0.3) is 5.91 Å². The average molecular weight is 416 g/mol. The number of hydrogen-bond donors (Lipinski definition) is 2. The van der Waals surface area contributed by atoms with Gasteiger partial charge in [0.2, 0.25) is 5.91 Å². The average Bonchev–Trinajstić information content (AvgIpc) is 2.76.